The van der Waals surface area contributed by atoms with Crippen LogP contribution in [0.5, 0.6) is 5.75 Å². The smallest absolute Gasteiger partial charge is 0.387 e. The number of nitrogens with zero attached hydrogens (tertiary/aromatic N) is 4. The molecule has 2 aromatic heterocycles. The van der Waals surface area contributed by atoms with E-state index in [1.54, 1.807) is 29.7 Å². The number of alkyl halides is 2. The number of hydrogen-bond donors (Lipinski definition) is 2. The summed E-state index contributed by atoms with van der Waals surface area (Å²) >= 11 is 6.02. The molecule has 30 heavy (non-hydrogen) atoms. The summed E-state index contributed by atoms with van der Waals surface area (Å²) in [7, 11) is 0. The molecule has 0 fully saturated rings. The highest BCUT2D eigenvalue weighted by atomic mass is 35.5. The van der Waals surface area contributed by atoms with E-state index in [9.17, 15) is 13.2 Å². The molecule has 0 aliphatic rings. The molecular formula is C19H14ClF3N6O. The van der Waals surface area contributed by atoms with E-state index in [1.165, 1.54) is 24.3 Å². The highest BCUT2D eigenvalue weighted by Crippen LogP contribution is 2.27. The molecular weight excluding hydrogens is 421 g/mol. The summed E-state index contributed by atoms with van der Waals surface area (Å²) in [6.45, 7) is -1.19. The van der Waals surface area contributed by atoms with Gasteiger partial charge in [-0.15, -0.1) is 0 Å². The van der Waals surface area contributed by atoms with Gasteiger partial charge in [0.25, 0.3) is 0 Å². The largest absolute Gasteiger partial charge is 0.435 e. The molecule has 3 N–H and O–H groups in total. The van der Waals surface area contributed by atoms with E-state index in [1.807, 2.05) is 0 Å². The molecule has 0 saturated carbocycles. The number of hydrogen-bond acceptors (Lipinski definition) is 6. The van der Waals surface area contributed by atoms with Gasteiger partial charge in [0.2, 0.25) is 11.8 Å². The van der Waals surface area contributed by atoms with Gasteiger partial charge >= 0.3 is 6.61 Å². The van der Waals surface area contributed by atoms with Crippen LogP contribution in [0.15, 0.2) is 42.5 Å². The summed E-state index contributed by atoms with van der Waals surface area (Å²) in [5, 5.41) is 3.29. The van der Waals surface area contributed by atoms with E-state index >= 15 is 0 Å². The van der Waals surface area contributed by atoms with Gasteiger partial charge in [0.15, 0.2) is 11.6 Å². The first-order valence-corrected chi connectivity index (χ1v) is 8.99. The van der Waals surface area contributed by atoms with Crippen LogP contribution in [0.1, 0.15) is 5.82 Å². The molecule has 0 aliphatic heterocycles. The van der Waals surface area contributed by atoms with Crippen LogP contribution >= 0.6 is 11.6 Å². The van der Waals surface area contributed by atoms with Crippen LogP contribution in [-0.2, 0) is 0 Å². The first-order chi connectivity index (χ1) is 14.3. The van der Waals surface area contributed by atoms with Crippen molar-refractivity contribution in [2.75, 3.05) is 11.1 Å². The highest BCUT2D eigenvalue weighted by Gasteiger charge is 2.18. The van der Waals surface area contributed by atoms with Gasteiger partial charge in [-0.1, -0.05) is 11.6 Å². The lowest BCUT2D eigenvalue weighted by Crippen LogP contribution is -2.10. The third kappa shape index (κ3) is 3.81. The van der Waals surface area contributed by atoms with E-state index < -0.39 is 12.4 Å². The average Bonchev–Trinajstić information content (AvgIpc) is 3.01. The fourth-order valence-corrected chi connectivity index (χ4v) is 3.08. The quantitative estimate of drug-likeness (QED) is 0.467. The van der Waals surface area contributed by atoms with Crippen molar-refractivity contribution < 1.29 is 17.9 Å². The molecule has 0 bridgehead atoms. The molecule has 0 saturated heterocycles. The van der Waals surface area contributed by atoms with Crippen LogP contribution in [0.3, 0.4) is 0 Å². The van der Waals surface area contributed by atoms with Gasteiger partial charge in [-0.25, -0.2) is 4.98 Å². The summed E-state index contributed by atoms with van der Waals surface area (Å²) in [4.78, 5) is 12.7. The molecule has 2 aromatic carbocycles. The van der Waals surface area contributed by atoms with E-state index in [2.05, 4.69) is 25.0 Å². The van der Waals surface area contributed by atoms with Gasteiger partial charge in [0.1, 0.15) is 11.6 Å². The summed E-state index contributed by atoms with van der Waals surface area (Å²) in [5.74, 6) is -0.769. The van der Waals surface area contributed by atoms with Crippen LogP contribution in [-0.4, -0.2) is 26.1 Å². The average molecular weight is 435 g/mol. The minimum Gasteiger partial charge on any atom is -0.435 e. The van der Waals surface area contributed by atoms with Crippen LogP contribution in [0, 0.1) is 12.7 Å². The van der Waals surface area contributed by atoms with Crippen LogP contribution in [0.4, 0.5) is 30.5 Å². The number of imidazole rings is 1. The van der Waals surface area contributed by atoms with Crippen LogP contribution in [0.25, 0.3) is 17.0 Å². The summed E-state index contributed by atoms with van der Waals surface area (Å²) < 4.78 is 45.0. The Morgan fingerprint density at radius 1 is 1.10 bits per heavy atom. The molecule has 4 rings (SSSR count). The molecule has 0 unspecified atom stereocenters. The third-order valence-electron chi connectivity index (χ3n) is 4.19. The Morgan fingerprint density at radius 3 is 2.53 bits per heavy atom. The lowest BCUT2D eigenvalue weighted by molar-refractivity contribution is -0.0498. The number of ether oxygens (including phenoxy) is 1. The van der Waals surface area contributed by atoms with Crippen LogP contribution < -0.4 is 15.8 Å². The Morgan fingerprint density at radius 2 is 1.83 bits per heavy atom. The van der Waals surface area contributed by atoms with Gasteiger partial charge in [-0.3, -0.25) is 4.57 Å². The van der Waals surface area contributed by atoms with Gasteiger partial charge in [0.05, 0.1) is 11.0 Å². The highest BCUT2D eigenvalue weighted by molar-refractivity contribution is 6.31. The van der Waals surface area contributed by atoms with Crippen molar-refractivity contribution in [2.45, 2.75) is 13.5 Å². The number of anilines is 3. The molecule has 0 radical (unpaired) electrons. The summed E-state index contributed by atoms with van der Waals surface area (Å²) in [5.41, 5.74) is 7.43. The van der Waals surface area contributed by atoms with E-state index in [0.717, 1.165) is 0 Å². The van der Waals surface area contributed by atoms with E-state index in [4.69, 9.17) is 17.3 Å². The van der Waals surface area contributed by atoms with Crippen molar-refractivity contribution in [1.82, 2.24) is 19.5 Å². The Kier molecular flexibility index (Phi) is 5.08. The Balaban J connectivity index is 1.73. The minimum atomic E-state index is -2.94. The predicted octanol–water partition coefficient (Wildman–Crippen LogP) is 4.84. The number of nitrogen functional groups attached to an aromatic ring is 1. The zero-order valence-corrected chi connectivity index (χ0v) is 16.2. The maximum atomic E-state index is 14.5. The second kappa shape index (κ2) is 7.71. The van der Waals surface area contributed by atoms with Crippen molar-refractivity contribution in [3.05, 3.63) is 59.1 Å². The molecule has 11 heteroatoms. The molecule has 4 aromatic rings. The number of fused-ring (bicyclic) bond motifs is 1. The lowest BCUT2D eigenvalue weighted by Gasteiger charge is -2.12. The second-order valence-corrected chi connectivity index (χ2v) is 6.66. The number of rotatable bonds is 5. The SMILES string of the molecule is Cc1nc2cc(Cl)ccc2n1-c1nc(N)c(F)c(Nc2ccc(OC(F)F)cc2)n1. The van der Waals surface area contributed by atoms with Gasteiger partial charge < -0.3 is 15.8 Å². The first-order valence-electron chi connectivity index (χ1n) is 8.61. The van der Waals surface area contributed by atoms with Crippen molar-refractivity contribution in [2.24, 2.45) is 0 Å². The van der Waals surface area contributed by atoms with E-state index in [0.29, 0.717) is 27.6 Å². The van der Waals surface area contributed by atoms with Crippen molar-refractivity contribution >= 4 is 40.0 Å². The molecule has 0 amide bonds. The zero-order chi connectivity index (χ0) is 21.4. The number of aryl methyl sites for hydroxylation is 1. The monoisotopic (exact) mass is 434 g/mol. The standard InChI is InChI=1S/C19H14ClF3N6O/c1-9-25-13-8-10(20)2-7-14(13)29(9)19-27-16(24)15(21)17(28-19)26-11-3-5-12(6-4-11)30-18(22)23/h2-8,18H,1H3,(H3,24,26,27,28). The topological polar surface area (TPSA) is 90.9 Å². The van der Waals surface area contributed by atoms with E-state index in [-0.39, 0.29) is 23.3 Å². The Labute approximate surface area is 173 Å². The fourth-order valence-electron chi connectivity index (χ4n) is 2.92. The lowest BCUT2D eigenvalue weighted by atomic mass is 10.3. The molecule has 2 heterocycles. The number of nitrogens with one attached hydrogen (secondary N) is 1. The van der Waals surface area contributed by atoms with Crippen molar-refractivity contribution in [1.29, 1.82) is 0 Å². The normalized spacial score (nSPS) is 11.3. The molecule has 0 aliphatic carbocycles. The predicted molar refractivity (Wildman–Crippen MR) is 107 cm³/mol. The molecule has 154 valence electrons. The number of nitrogens with two attached hydrogens (primary N) is 1. The number of halogens is 4. The first kappa shape index (κ1) is 19.8. The second-order valence-electron chi connectivity index (χ2n) is 6.23. The summed E-state index contributed by atoms with van der Waals surface area (Å²) in [6, 6.07) is 10.6. The summed E-state index contributed by atoms with van der Waals surface area (Å²) in [6.07, 6.45) is 0. The van der Waals surface area contributed by atoms with Gasteiger partial charge in [-0.2, -0.15) is 23.1 Å². The fraction of sp³-hybridized carbons (Fsp3) is 0.105. The van der Waals surface area contributed by atoms with Gasteiger partial charge in [-0.05, 0) is 49.4 Å². The molecule has 0 atom stereocenters. The Bertz CT molecular complexity index is 1230. The Hall–Kier alpha value is -3.53. The maximum Gasteiger partial charge on any atom is 0.387 e. The minimum absolute atomic E-state index is 0.0296. The van der Waals surface area contributed by atoms with Crippen LogP contribution in [0.2, 0.25) is 5.02 Å². The van der Waals surface area contributed by atoms with Crippen molar-refractivity contribution in [3.63, 3.8) is 0 Å². The van der Waals surface area contributed by atoms with Gasteiger partial charge in [0, 0.05) is 10.7 Å². The maximum absolute atomic E-state index is 14.5. The number of aromatic nitrogens is 4. The molecule has 7 nitrogen and oxygen atoms in total. The van der Waals surface area contributed by atoms with Crippen molar-refractivity contribution in [3.8, 4) is 11.7 Å². The molecule has 0 spiro atoms. The third-order valence-corrected chi connectivity index (χ3v) is 4.43. The zero-order valence-electron chi connectivity index (χ0n) is 15.4. The number of benzene rings is 2.